The maximum Gasteiger partial charge on any atom is 0.234 e. The molecule has 2 aromatic carbocycles. The molecule has 4 rings (SSSR count). The van der Waals surface area contributed by atoms with Crippen LogP contribution in [0.4, 0.5) is 11.4 Å². The summed E-state index contributed by atoms with van der Waals surface area (Å²) in [7, 11) is 0. The molecule has 0 unspecified atom stereocenters. The summed E-state index contributed by atoms with van der Waals surface area (Å²) in [5.41, 5.74) is 3.74. The number of benzene rings is 2. The second-order valence-corrected chi connectivity index (χ2v) is 8.52. The van der Waals surface area contributed by atoms with Crippen LogP contribution in [0.15, 0.2) is 47.5 Å². The highest BCUT2D eigenvalue weighted by Gasteiger charge is 2.37. The Labute approximate surface area is 168 Å². The van der Waals surface area contributed by atoms with Crippen molar-refractivity contribution in [2.45, 2.75) is 38.3 Å². The summed E-state index contributed by atoms with van der Waals surface area (Å²) in [6.45, 7) is 1.95. The van der Waals surface area contributed by atoms with Gasteiger partial charge in [-0.15, -0.1) is 0 Å². The highest BCUT2D eigenvalue weighted by Crippen LogP contribution is 2.40. The zero-order valence-corrected chi connectivity index (χ0v) is 16.8. The van der Waals surface area contributed by atoms with Crippen LogP contribution < -0.4 is 10.6 Å². The van der Waals surface area contributed by atoms with Gasteiger partial charge in [-0.25, -0.2) is 4.99 Å². The number of amides is 1. The summed E-state index contributed by atoms with van der Waals surface area (Å²) in [4.78, 5) is 17.5. The molecule has 6 heteroatoms. The summed E-state index contributed by atoms with van der Waals surface area (Å²) in [5.74, 6) is 0.263. The molecule has 0 saturated heterocycles. The van der Waals surface area contributed by atoms with Gasteiger partial charge in [-0.2, -0.15) is 0 Å². The summed E-state index contributed by atoms with van der Waals surface area (Å²) in [6, 6.07) is 13.7. The molecule has 1 fully saturated rings. The van der Waals surface area contributed by atoms with E-state index in [9.17, 15) is 4.79 Å². The molecule has 2 aromatic rings. The maximum atomic E-state index is 12.5. The number of carbonyl (C=O) groups excluding carboxylic acids is 1. The highest BCUT2D eigenvalue weighted by molar-refractivity contribution is 8.15. The van der Waals surface area contributed by atoms with Crippen LogP contribution in [0.1, 0.15) is 36.8 Å². The fraction of sp³-hybridized carbons (Fsp3) is 0.333. The number of anilines is 2. The van der Waals surface area contributed by atoms with E-state index in [1.165, 1.54) is 24.6 Å². The molecule has 0 atom stereocenters. The van der Waals surface area contributed by atoms with Crippen molar-refractivity contribution in [1.29, 1.82) is 0 Å². The Morgan fingerprint density at radius 3 is 2.85 bits per heavy atom. The zero-order chi connectivity index (χ0) is 18.9. The Kier molecular flexibility index (Phi) is 5.15. The molecule has 27 heavy (non-hydrogen) atoms. The van der Waals surface area contributed by atoms with Crippen molar-refractivity contribution < 1.29 is 4.79 Å². The number of para-hydroxylation sites is 1. The van der Waals surface area contributed by atoms with Crippen LogP contribution in [0, 0.1) is 6.92 Å². The van der Waals surface area contributed by atoms with Gasteiger partial charge in [0.15, 0.2) is 0 Å². The lowest BCUT2D eigenvalue weighted by Gasteiger charge is -2.33. The van der Waals surface area contributed by atoms with Crippen molar-refractivity contribution >= 4 is 45.7 Å². The molecule has 0 bridgehead atoms. The molecule has 1 aliphatic heterocycles. The number of carbonyl (C=O) groups is 1. The normalized spacial score (nSPS) is 17.2. The number of thioether (sulfide) groups is 1. The van der Waals surface area contributed by atoms with Gasteiger partial charge in [0.2, 0.25) is 5.91 Å². The van der Waals surface area contributed by atoms with Crippen LogP contribution in [0.25, 0.3) is 0 Å². The van der Waals surface area contributed by atoms with Crippen molar-refractivity contribution in [3.63, 3.8) is 0 Å². The minimum absolute atomic E-state index is 0.0513. The number of nitrogens with zero attached hydrogens (tertiary/aromatic N) is 1. The van der Waals surface area contributed by atoms with E-state index in [4.69, 9.17) is 16.6 Å². The van der Waals surface area contributed by atoms with Crippen LogP contribution >= 0.6 is 23.4 Å². The molecule has 4 nitrogen and oxygen atoms in total. The first-order chi connectivity index (χ1) is 13.0. The number of hydrogen-bond donors (Lipinski definition) is 2. The number of aryl methyl sites for hydroxylation is 1. The molecular formula is C21H22ClN3OS. The van der Waals surface area contributed by atoms with Crippen LogP contribution in [-0.4, -0.2) is 22.4 Å². The van der Waals surface area contributed by atoms with Crippen LogP contribution in [0.5, 0.6) is 0 Å². The minimum Gasteiger partial charge on any atom is -0.361 e. The molecule has 2 N–H and O–H groups in total. The van der Waals surface area contributed by atoms with Gasteiger partial charge in [0.25, 0.3) is 0 Å². The van der Waals surface area contributed by atoms with Gasteiger partial charge < -0.3 is 10.6 Å². The molecule has 1 saturated carbocycles. The predicted molar refractivity (Wildman–Crippen MR) is 115 cm³/mol. The van der Waals surface area contributed by atoms with E-state index in [0.717, 1.165) is 40.4 Å². The Morgan fingerprint density at radius 2 is 2.04 bits per heavy atom. The van der Waals surface area contributed by atoms with E-state index in [0.29, 0.717) is 10.8 Å². The largest absolute Gasteiger partial charge is 0.361 e. The number of rotatable bonds is 3. The van der Waals surface area contributed by atoms with Gasteiger partial charge in [-0.05, 0) is 56.4 Å². The van der Waals surface area contributed by atoms with E-state index < -0.39 is 0 Å². The smallest absolute Gasteiger partial charge is 0.234 e. The van der Waals surface area contributed by atoms with Gasteiger partial charge in [-0.3, -0.25) is 4.79 Å². The van der Waals surface area contributed by atoms with Crippen molar-refractivity contribution in [2.75, 3.05) is 16.4 Å². The first-order valence-electron chi connectivity index (χ1n) is 9.21. The first-order valence-corrected chi connectivity index (χ1v) is 10.6. The minimum atomic E-state index is -0.198. The van der Waals surface area contributed by atoms with Gasteiger partial charge >= 0.3 is 0 Å². The van der Waals surface area contributed by atoms with Gasteiger partial charge in [-0.1, -0.05) is 47.6 Å². The Morgan fingerprint density at radius 1 is 1.26 bits per heavy atom. The average molecular weight is 400 g/mol. The SMILES string of the molecule is Cc1ccc(Cl)cc1NC(=O)CSC1=NC2(CCCC2)Nc2ccccc21. The number of hydrogen-bond acceptors (Lipinski definition) is 4. The van der Waals surface area contributed by atoms with Crippen molar-refractivity contribution in [3.05, 3.63) is 58.6 Å². The summed E-state index contributed by atoms with van der Waals surface area (Å²) >= 11 is 7.55. The Bertz CT molecular complexity index is 906. The topological polar surface area (TPSA) is 53.5 Å². The molecule has 1 aliphatic carbocycles. The summed E-state index contributed by atoms with van der Waals surface area (Å²) in [6.07, 6.45) is 4.45. The van der Waals surface area contributed by atoms with Crippen LogP contribution in [0.2, 0.25) is 5.02 Å². The molecule has 1 heterocycles. The van der Waals surface area contributed by atoms with Gasteiger partial charge in [0.05, 0.1) is 5.75 Å². The van der Waals surface area contributed by atoms with Crippen molar-refractivity contribution in [3.8, 4) is 0 Å². The molecule has 2 aliphatic rings. The molecular weight excluding hydrogens is 378 g/mol. The molecule has 140 valence electrons. The van der Waals surface area contributed by atoms with E-state index in [2.05, 4.69) is 22.8 Å². The third-order valence-corrected chi connectivity index (χ3v) is 6.31. The van der Waals surface area contributed by atoms with E-state index >= 15 is 0 Å². The number of halogens is 1. The number of nitrogens with one attached hydrogen (secondary N) is 2. The average Bonchev–Trinajstić information content (AvgIpc) is 3.10. The van der Waals surface area contributed by atoms with Gasteiger partial charge in [0.1, 0.15) is 10.7 Å². The second kappa shape index (κ2) is 7.56. The Hall–Kier alpha value is -1.98. The lowest BCUT2D eigenvalue weighted by Crippen LogP contribution is -2.37. The molecule has 1 amide bonds. The maximum absolute atomic E-state index is 12.5. The van der Waals surface area contributed by atoms with E-state index in [1.54, 1.807) is 6.07 Å². The number of fused-ring (bicyclic) bond motifs is 1. The first kappa shape index (κ1) is 18.4. The lowest BCUT2D eigenvalue weighted by atomic mass is 10.0. The van der Waals surface area contributed by atoms with E-state index in [1.807, 2.05) is 31.2 Å². The quantitative estimate of drug-likeness (QED) is 0.720. The fourth-order valence-electron chi connectivity index (χ4n) is 3.67. The number of aliphatic imine (C=N–C) groups is 1. The predicted octanol–water partition coefficient (Wildman–Crippen LogP) is 5.46. The van der Waals surface area contributed by atoms with Crippen molar-refractivity contribution in [2.24, 2.45) is 4.99 Å². The Balaban J connectivity index is 1.50. The molecule has 0 radical (unpaired) electrons. The van der Waals surface area contributed by atoms with Gasteiger partial charge in [0, 0.05) is 22.0 Å². The standard InChI is InChI=1S/C21H22ClN3OS/c1-14-8-9-15(22)12-18(14)23-19(26)13-27-20-16-6-2-3-7-17(16)24-21(25-20)10-4-5-11-21/h2-3,6-9,12,24H,4-5,10-11,13H2,1H3,(H,23,26). The van der Waals surface area contributed by atoms with Crippen LogP contribution in [0.3, 0.4) is 0 Å². The molecule has 1 spiro atoms. The lowest BCUT2D eigenvalue weighted by molar-refractivity contribution is -0.113. The second-order valence-electron chi connectivity index (χ2n) is 7.12. The zero-order valence-electron chi connectivity index (χ0n) is 15.2. The third kappa shape index (κ3) is 3.99. The molecule has 0 aromatic heterocycles. The fourth-order valence-corrected chi connectivity index (χ4v) is 4.75. The highest BCUT2D eigenvalue weighted by atomic mass is 35.5. The van der Waals surface area contributed by atoms with Crippen LogP contribution in [-0.2, 0) is 4.79 Å². The van der Waals surface area contributed by atoms with E-state index in [-0.39, 0.29) is 11.6 Å². The van der Waals surface area contributed by atoms with Crippen molar-refractivity contribution in [1.82, 2.24) is 0 Å². The monoisotopic (exact) mass is 399 g/mol. The summed E-state index contributed by atoms with van der Waals surface area (Å²) in [5, 5.41) is 8.15. The summed E-state index contributed by atoms with van der Waals surface area (Å²) < 4.78 is 0. The third-order valence-electron chi connectivity index (χ3n) is 5.08.